The maximum Gasteiger partial charge on any atom is 0.326 e. The molecule has 0 radical (unpaired) electrons. The summed E-state index contributed by atoms with van der Waals surface area (Å²) >= 11 is 0. The average molecular weight is 524 g/mol. The van der Waals surface area contributed by atoms with E-state index in [2.05, 4.69) is 20.9 Å². The van der Waals surface area contributed by atoms with Gasteiger partial charge in [-0.2, -0.15) is 0 Å². The summed E-state index contributed by atoms with van der Waals surface area (Å²) in [5.41, 5.74) is 8.46. The van der Waals surface area contributed by atoms with Gasteiger partial charge in [0.1, 0.15) is 12.1 Å². The number of hydrogen-bond donors (Lipinski definition) is 7. The van der Waals surface area contributed by atoms with Crippen molar-refractivity contribution >= 4 is 40.6 Å². The fraction of sp³-hybridized carbons (Fsp3) is 0.269. The molecule has 3 rings (SSSR count). The van der Waals surface area contributed by atoms with Crippen molar-refractivity contribution < 1.29 is 34.2 Å². The second-order valence-corrected chi connectivity index (χ2v) is 8.70. The lowest BCUT2D eigenvalue weighted by Crippen LogP contribution is -2.54. The fourth-order valence-electron chi connectivity index (χ4n) is 3.88. The van der Waals surface area contributed by atoms with Crippen molar-refractivity contribution in [2.75, 3.05) is 6.54 Å². The summed E-state index contributed by atoms with van der Waals surface area (Å²) in [6.45, 7) is -0.476. The van der Waals surface area contributed by atoms with Crippen LogP contribution in [0.4, 0.5) is 0 Å². The van der Waals surface area contributed by atoms with E-state index in [1.165, 1.54) is 0 Å². The molecule has 0 aliphatic heterocycles. The molecule has 0 aliphatic rings. The molecule has 0 aliphatic carbocycles. The van der Waals surface area contributed by atoms with Crippen molar-refractivity contribution in [3.63, 3.8) is 0 Å². The predicted octanol–water partition coefficient (Wildman–Crippen LogP) is -0.0745. The minimum Gasteiger partial charge on any atom is -0.481 e. The maximum atomic E-state index is 12.8. The summed E-state index contributed by atoms with van der Waals surface area (Å²) in [6.07, 6.45) is 1.17. The van der Waals surface area contributed by atoms with Crippen LogP contribution in [0.3, 0.4) is 0 Å². The molecule has 0 fully saturated rings. The lowest BCUT2D eigenvalue weighted by Gasteiger charge is -2.21. The van der Waals surface area contributed by atoms with Crippen LogP contribution >= 0.6 is 0 Å². The molecule has 1 aromatic heterocycles. The zero-order valence-electron chi connectivity index (χ0n) is 20.3. The molecule has 0 saturated carbocycles. The zero-order valence-corrected chi connectivity index (χ0v) is 20.3. The number of hydrogen-bond acceptors (Lipinski definition) is 6. The van der Waals surface area contributed by atoms with Gasteiger partial charge >= 0.3 is 11.9 Å². The van der Waals surface area contributed by atoms with Gasteiger partial charge in [0.15, 0.2) is 0 Å². The Hall–Kier alpha value is -4.71. The van der Waals surface area contributed by atoms with E-state index in [1.807, 2.05) is 24.3 Å². The summed E-state index contributed by atoms with van der Waals surface area (Å²) in [6, 6.07) is 12.4. The Morgan fingerprint density at radius 3 is 2.21 bits per heavy atom. The number of H-pyrrole nitrogens is 1. The highest BCUT2D eigenvalue weighted by molar-refractivity contribution is 5.93. The summed E-state index contributed by atoms with van der Waals surface area (Å²) in [5, 5.41) is 26.2. The van der Waals surface area contributed by atoms with Gasteiger partial charge in [-0.3, -0.25) is 19.2 Å². The van der Waals surface area contributed by atoms with Gasteiger partial charge in [0.2, 0.25) is 17.7 Å². The molecule has 38 heavy (non-hydrogen) atoms. The van der Waals surface area contributed by atoms with Crippen molar-refractivity contribution in [1.82, 2.24) is 20.9 Å². The van der Waals surface area contributed by atoms with Crippen molar-refractivity contribution in [1.29, 1.82) is 0 Å². The van der Waals surface area contributed by atoms with E-state index in [0.717, 1.165) is 16.5 Å². The van der Waals surface area contributed by atoms with Gasteiger partial charge in [0, 0.05) is 23.5 Å². The molecular weight excluding hydrogens is 494 g/mol. The van der Waals surface area contributed by atoms with E-state index in [1.54, 1.807) is 36.5 Å². The number of carboxylic acids is 2. The first-order valence-electron chi connectivity index (χ1n) is 11.8. The minimum absolute atomic E-state index is 0.00580. The van der Waals surface area contributed by atoms with E-state index in [4.69, 9.17) is 10.8 Å². The van der Waals surface area contributed by atoms with Gasteiger partial charge in [-0.1, -0.05) is 48.5 Å². The number of fused-ring (bicyclic) bond motifs is 1. The molecule has 2 aromatic carbocycles. The minimum atomic E-state index is -1.68. The second kappa shape index (κ2) is 13.0. The molecule has 3 aromatic rings. The Bertz CT molecular complexity index is 1310. The molecule has 0 spiro atoms. The maximum absolute atomic E-state index is 12.8. The fourth-order valence-corrected chi connectivity index (χ4v) is 3.88. The van der Waals surface area contributed by atoms with E-state index in [0.29, 0.717) is 5.56 Å². The van der Waals surface area contributed by atoms with Gasteiger partial charge in [-0.15, -0.1) is 0 Å². The largest absolute Gasteiger partial charge is 0.481 e. The van der Waals surface area contributed by atoms with Crippen molar-refractivity contribution in [2.45, 2.75) is 37.4 Å². The second-order valence-electron chi connectivity index (χ2n) is 8.70. The number of aliphatic carboxylic acids is 2. The van der Waals surface area contributed by atoms with Crippen LogP contribution in [0.1, 0.15) is 17.5 Å². The predicted molar refractivity (Wildman–Crippen MR) is 137 cm³/mol. The number of aromatic amines is 1. The third-order valence-corrected chi connectivity index (χ3v) is 5.80. The molecule has 3 unspecified atom stereocenters. The van der Waals surface area contributed by atoms with Crippen LogP contribution in [0.5, 0.6) is 0 Å². The van der Waals surface area contributed by atoms with Gasteiger partial charge in [0.05, 0.1) is 19.0 Å². The molecule has 3 atom stereocenters. The number of para-hydroxylation sites is 1. The van der Waals surface area contributed by atoms with Crippen LogP contribution in [-0.2, 0) is 36.8 Å². The van der Waals surface area contributed by atoms with Gasteiger partial charge in [-0.05, 0) is 23.6 Å². The molecular formula is C26H29N5O7. The number of carbonyl (C=O) groups excluding carboxylic acids is 3. The number of aromatic nitrogens is 1. The van der Waals surface area contributed by atoms with Crippen LogP contribution < -0.4 is 21.7 Å². The normalized spacial score (nSPS) is 13.2. The number of benzene rings is 2. The summed E-state index contributed by atoms with van der Waals surface area (Å²) in [5.74, 6) is -5.09. The molecule has 0 saturated heterocycles. The Kier molecular flexibility index (Phi) is 9.54. The highest BCUT2D eigenvalue weighted by Crippen LogP contribution is 2.18. The Labute approximate surface area is 217 Å². The van der Waals surface area contributed by atoms with Crippen molar-refractivity contribution in [2.24, 2.45) is 5.73 Å². The van der Waals surface area contributed by atoms with Crippen LogP contribution in [0, 0.1) is 0 Å². The highest BCUT2D eigenvalue weighted by Gasteiger charge is 2.28. The number of carbonyl (C=O) groups is 5. The van der Waals surface area contributed by atoms with E-state index in [-0.39, 0.29) is 12.8 Å². The van der Waals surface area contributed by atoms with Crippen LogP contribution in [0.2, 0.25) is 0 Å². The number of nitrogens with one attached hydrogen (secondary N) is 4. The van der Waals surface area contributed by atoms with Crippen molar-refractivity contribution in [3.8, 4) is 0 Å². The standard InChI is InChI=1S/C26H29N5O7/c27-18(11-16-13-28-19-9-5-4-8-17(16)19)24(35)29-14-22(32)30-20(10-15-6-2-1-3-7-15)25(36)31-21(26(37)38)12-23(33)34/h1-9,13,18,20-21,28H,10-12,14,27H2,(H,29,35)(H,30,32)(H,31,36)(H,33,34)(H,37,38). The Balaban J connectivity index is 1.60. The SMILES string of the molecule is NC(Cc1c[nH]c2ccccc12)C(=O)NCC(=O)NC(Cc1ccccc1)C(=O)NC(CC(=O)O)C(=O)O. The topological polar surface area (TPSA) is 204 Å². The van der Waals surface area contributed by atoms with Gasteiger partial charge in [-0.25, -0.2) is 4.79 Å². The third-order valence-electron chi connectivity index (χ3n) is 5.80. The summed E-state index contributed by atoms with van der Waals surface area (Å²) in [4.78, 5) is 63.4. The number of amides is 3. The van der Waals surface area contributed by atoms with E-state index in [9.17, 15) is 29.1 Å². The number of nitrogens with two attached hydrogens (primary N) is 1. The first-order valence-corrected chi connectivity index (χ1v) is 11.8. The lowest BCUT2D eigenvalue weighted by atomic mass is 10.0. The molecule has 0 bridgehead atoms. The van der Waals surface area contributed by atoms with Gasteiger partial charge in [0.25, 0.3) is 0 Å². The molecule has 8 N–H and O–H groups in total. The Morgan fingerprint density at radius 1 is 0.842 bits per heavy atom. The Morgan fingerprint density at radius 2 is 1.53 bits per heavy atom. The smallest absolute Gasteiger partial charge is 0.326 e. The highest BCUT2D eigenvalue weighted by atomic mass is 16.4. The molecule has 3 amide bonds. The summed E-state index contributed by atoms with van der Waals surface area (Å²) in [7, 11) is 0. The van der Waals surface area contributed by atoms with Crippen molar-refractivity contribution in [3.05, 3.63) is 71.9 Å². The first kappa shape index (κ1) is 27.9. The molecule has 12 heteroatoms. The quantitative estimate of drug-likeness (QED) is 0.161. The van der Waals surface area contributed by atoms with Crippen LogP contribution in [-0.4, -0.2) is 69.5 Å². The average Bonchev–Trinajstić information content (AvgIpc) is 3.29. The monoisotopic (exact) mass is 523 g/mol. The van der Waals surface area contributed by atoms with Crippen LogP contribution in [0.15, 0.2) is 60.8 Å². The lowest BCUT2D eigenvalue weighted by molar-refractivity contribution is -0.147. The molecule has 1 heterocycles. The molecule has 12 nitrogen and oxygen atoms in total. The molecule has 200 valence electrons. The third kappa shape index (κ3) is 7.90. The zero-order chi connectivity index (χ0) is 27.7. The first-order chi connectivity index (χ1) is 18.1. The number of carboxylic acid groups (broad SMARTS) is 2. The van der Waals surface area contributed by atoms with Crippen LogP contribution in [0.25, 0.3) is 10.9 Å². The van der Waals surface area contributed by atoms with E-state index >= 15 is 0 Å². The summed E-state index contributed by atoms with van der Waals surface area (Å²) < 4.78 is 0. The van der Waals surface area contributed by atoms with Gasteiger partial charge < -0.3 is 36.9 Å². The van der Waals surface area contributed by atoms with E-state index < -0.39 is 60.8 Å². The number of rotatable bonds is 13.